The van der Waals surface area contributed by atoms with Crippen molar-refractivity contribution in [1.82, 2.24) is 10.2 Å². The van der Waals surface area contributed by atoms with E-state index in [-0.39, 0.29) is 30.5 Å². The largest absolute Gasteiger partial charge is 0.482 e. The van der Waals surface area contributed by atoms with Gasteiger partial charge >= 0.3 is 0 Å². The highest BCUT2D eigenvalue weighted by molar-refractivity contribution is 6.31. The molecule has 158 valence electrons. The molecule has 1 N–H and O–H groups in total. The summed E-state index contributed by atoms with van der Waals surface area (Å²) in [7, 11) is 0. The first-order chi connectivity index (χ1) is 14.1. The van der Waals surface area contributed by atoms with Crippen LogP contribution >= 0.6 is 11.6 Å². The number of benzene rings is 1. The maximum atomic E-state index is 12.8. The smallest absolute Gasteiger partial charge is 0.265 e. The molecule has 0 atom stereocenters. The molecule has 1 saturated carbocycles. The van der Waals surface area contributed by atoms with Gasteiger partial charge in [-0.25, -0.2) is 0 Å². The van der Waals surface area contributed by atoms with Crippen LogP contribution in [0, 0.1) is 0 Å². The van der Waals surface area contributed by atoms with Crippen molar-refractivity contribution in [2.24, 2.45) is 0 Å². The second-order valence-electron chi connectivity index (χ2n) is 8.04. The van der Waals surface area contributed by atoms with E-state index < -0.39 is 0 Å². The Morgan fingerprint density at radius 3 is 2.69 bits per heavy atom. The van der Waals surface area contributed by atoms with Crippen LogP contribution in [0.15, 0.2) is 18.2 Å². The molecule has 7 nitrogen and oxygen atoms in total. The number of nitrogens with one attached hydrogen (secondary N) is 1. The van der Waals surface area contributed by atoms with Gasteiger partial charge in [-0.1, -0.05) is 30.9 Å². The predicted octanol–water partition coefficient (Wildman–Crippen LogP) is 2.22. The molecule has 8 heteroatoms. The lowest BCUT2D eigenvalue weighted by atomic mass is 9.79. The van der Waals surface area contributed by atoms with Crippen LogP contribution in [-0.4, -0.2) is 68.3 Å². The third kappa shape index (κ3) is 4.52. The molecule has 0 unspecified atom stereocenters. The molecule has 0 spiro atoms. The fraction of sp³-hybridized carbons (Fsp3) is 0.619. The van der Waals surface area contributed by atoms with Crippen LogP contribution in [0.4, 0.5) is 5.69 Å². The number of halogens is 1. The van der Waals surface area contributed by atoms with Crippen molar-refractivity contribution in [1.29, 1.82) is 0 Å². The molecule has 0 aromatic heterocycles. The lowest BCUT2D eigenvalue weighted by Gasteiger charge is -2.48. The van der Waals surface area contributed by atoms with Gasteiger partial charge in [-0.3, -0.25) is 19.4 Å². The number of nitrogens with zero attached hydrogens (tertiary/aromatic N) is 2. The molecule has 0 bridgehead atoms. The number of anilines is 1. The second-order valence-corrected chi connectivity index (χ2v) is 8.48. The molecule has 4 rings (SSSR count). The number of hydrogen-bond acceptors (Lipinski definition) is 5. The number of ether oxygens (including phenoxy) is 2. The first-order valence-electron chi connectivity index (χ1n) is 10.4. The van der Waals surface area contributed by atoms with Gasteiger partial charge in [0.25, 0.3) is 5.91 Å². The van der Waals surface area contributed by atoms with E-state index in [9.17, 15) is 9.59 Å². The minimum absolute atomic E-state index is 0.00603. The number of carbonyl (C=O) groups is 2. The first-order valence-corrected chi connectivity index (χ1v) is 10.8. The van der Waals surface area contributed by atoms with E-state index >= 15 is 0 Å². The SMILES string of the molecule is O=C(CN1C(=O)COc2ccc(Cl)cc21)NCC1(N2CCOCC2)CCCCC1. The molecule has 0 radical (unpaired) electrons. The molecular weight excluding hydrogens is 394 g/mol. The Hall–Kier alpha value is -1.83. The standard InChI is InChI=1S/C21H28ClN3O4/c22-16-4-5-18-17(12-16)25(20(27)14-29-18)13-19(26)23-15-21(6-2-1-3-7-21)24-8-10-28-11-9-24/h4-5,12H,1-3,6-11,13-15H2,(H,23,26). The Balaban J connectivity index is 1.42. The lowest BCUT2D eigenvalue weighted by Crippen LogP contribution is -2.60. The van der Waals surface area contributed by atoms with Crippen molar-refractivity contribution >= 4 is 29.1 Å². The number of fused-ring (bicyclic) bond motifs is 1. The Bertz CT molecular complexity index is 760. The van der Waals surface area contributed by atoms with Crippen LogP contribution in [0.5, 0.6) is 5.75 Å². The molecule has 2 aliphatic heterocycles. The van der Waals surface area contributed by atoms with E-state index in [1.54, 1.807) is 18.2 Å². The van der Waals surface area contributed by atoms with Gasteiger partial charge in [0.15, 0.2) is 6.61 Å². The normalized spacial score (nSPS) is 22.0. The van der Waals surface area contributed by atoms with E-state index in [1.165, 1.54) is 24.2 Å². The summed E-state index contributed by atoms with van der Waals surface area (Å²) in [5.74, 6) is 0.165. The van der Waals surface area contributed by atoms with Crippen molar-refractivity contribution < 1.29 is 19.1 Å². The monoisotopic (exact) mass is 421 g/mol. The minimum Gasteiger partial charge on any atom is -0.482 e. The number of amides is 2. The summed E-state index contributed by atoms with van der Waals surface area (Å²) in [6.07, 6.45) is 5.78. The topological polar surface area (TPSA) is 71.1 Å². The zero-order valence-corrected chi connectivity index (χ0v) is 17.4. The number of morpholine rings is 1. The van der Waals surface area contributed by atoms with Gasteiger partial charge in [-0.15, -0.1) is 0 Å². The van der Waals surface area contributed by atoms with Crippen molar-refractivity contribution in [3.8, 4) is 5.75 Å². The molecule has 1 aromatic carbocycles. The Morgan fingerprint density at radius 1 is 1.17 bits per heavy atom. The third-order valence-corrected chi connectivity index (χ3v) is 6.48. The Kier molecular flexibility index (Phi) is 6.27. The van der Waals surface area contributed by atoms with Gasteiger partial charge in [-0.2, -0.15) is 0 Å². The zero-order valence-electron chi connectivity index (χ0n) is 16.6. The second kappa shape index (κ2) is 8.90. The van der Waals surface area contributed by atoms with Crippen LogP contribution in [0.1, 0.15) is 32.1 Å². The Morgan fingerprint density at radius 2 is 1.93 bits per heavy atom. The van der Waals surface area contributed by atoms with Gasteiger partial charge in [0.1, 0.15) is 12.3 Å². The van der Waals surface area contributed by atoms with Crippen molar-refractivity contribution in [2.45, 2.75) is 37.6 Å². The van der Waals surface area contributed by atoms with E-state index in [4.69, 9.17) is 21.1 Å². The molecule has 2 heterocycles. The Labute approximate surface area is 176 Å². The maximum Gasteiger partial charge on any atom is 0.265 e. The van der Waals surface area contributed by atoms with Gasteiger partial charge in [0, 0.05) is 30.2 Å². The molecule has 1 saturated heterocycles. The van der Waals surface area contributed by atoms with Crippen molar-refractivity contribution in [3.05, 3.63) is 23.2 Å². The molecule has 2 fully saturated rings. The number of rotatable bonds is 5. The maximum absolute atomic E-state index is 12.8. The van der Waals surface area contributed by atoms with Gasteiger partial charge in [0.05, 0.1) is 18.9 Å². The average molecular weight is 422 g/mol. The van der Waals surface area contributed by atoms with Gasteiger partial charge < -0.3 is 14.8 Å². The van der Waals surface area contributed by atoms with Crippen LogP contribution in [0.2, 0.25) is 5.02 Å². The fourth-order valence-electron chi connectivity index (χ4n) is 4.66. The highest BCUT2D eigenvalue weighted by Crippen LogP contribution is 2.35. The summed E-state index contributed by atoms with van der Waals surface area (Å²) in [6, 6.07) is 5.10. The number of hydrogen-bond donors (Lipinski definition) is 1. The summed E-state index contributed by atoms with van der Waals surface area (Å²) in [6.45, 7) is 3.81. The quantitative estimate of drug-likeness (QED) is 0.789. The van der Waals surface area contributed by atoms with Crippen molar-refractivity contribution in [3.63, 3.8) is 0 Å². The van der Waals surface area contributed by atoms with E-state index in [2.05, 4.69) is 10.2 Å². The van der Waals surface area contributed by atoms with Crippen LogP contribution in [-0.2, 0) is 14.3 Å². The summed E-state index contributed by atoms with van der Waals surface area (Å²) in [5, 5.41) is 3.62. The summed E-state index contributed by atoms with van der Waals surface area (Å²) >= 11 is 6.08. The minimum atomic E-state index is -0.240. The molecule has 29 heavy (non-hydrogen) atoms. The molecule has 1 aliphatic carbocycles. The summed E-state index contributed by atoms with van der Waals surface area (Å²) < 4.78 is 11.0. The van der Waals surface area contributed by atoms with Crippen LogP contribution < -0.4 is 15.0 Å². The van der Waals surface area contributed by atoms with Gasteiger partial charge in [-0.05, 0) is 31.0 Å². The molecule has 2 amide bonds. The summed E-state index contributed by atoms with van der Waals surface area (Å²) in [4.78, 5) is 29.1. The van der Waals surface area contributed by atoms with Gasteiger partial charge in [0.2, 0.25) is 5.91 Å². The zero-order chi connectivity index (χ0) is 20.3. The highest BCUT2D eigenvalue weighted by Gasteiger charge is 2.39. The average Bonchev–Trinajstić information content (AvgIpc) is 2.76. The number of carbonyl (C=O) groups excluding carboxylic acids is 2. The molecular formula is C21H28ClN3O4. The van der Waals surface area contributed by atoms with E-state index in [0.717, 1.165) is 39.1 Å². The molecule has 3 aliphatic rings. The first kappa shape index (κ1) is 20.4. The molecule has 1 aromatic rings. The summed E-state index contributed by atoms with van der Waals surface area (Å²) in [5.41, 5.74) is 0.540. The predicted molar refractivity (Wildman–Crippen MR) is 111 cm³/mol. The highest BCUT2D eigenvalue weighted by atomic mass is 35.5. The van der Waals surface area contributed by atoms with E-state index in [1.807, 2.05) is 0 Å². The third-order valence-electron chi connectivity index (χ3n) is 6.25. The van der Waals surface area contributed by atoms with E-state index in [0.29, 0.717) is 23.0 Å². The van der Waals surface area contributed by atoms with Crippen LogP contribution in [0.25, 0.3) is 0 Å². The fourth-order valence-corrected chi connectivity index (χ4v) is 4.83. The van der Waals surface area contributed by atoms with Crippen LogP contribution in [0.3, 0.4) is 0 Å². The lowest BCUT2D eigenvalue weighted by molar-refractivity contribution is -0.126. The van der Waals surface area contributed by atoms with Crippen molar-refractivity contribution in [2.75, 3.05) is 50.9 Å².